The lowest BCUT2D eigenvalue weighted by Crippen LogP contribution is -2.38. The molecule has 7 nitrogen and oxygen atoms in total. The fourth-order valence-corrected chi connectivity index (χ4v) is 3.80. The molecular formula is C16H27N7S2. The maximum atomic E-state index is 4.26. The van der Waals surface area contributed by atoms with Gasteiger partial charge in [-0.3, -0.25) is 4.99 Å². The molecule has 0 amide bonds. The van der Waals surface area contributed by atoms with E-state index >= 15 is 0 Å². The van der Waals surface area contributed by atoms with E-state index in [0.717, 1.165) is 66.3 Å². The topological polar surface area (TPSA) is 93.8 Å². The Hall–Kier alpha value is -1.61. The summed E-state index contributed by atoms with van der Waals surface area (Å²) in [5.74, 6) is 5.04. The van der Waals surface area contributed by atoms with Gasteiger partial charge >= 0.3 is 0 Å². The Labute approximate surface area is 157 Å². The summed E-state index contributed by atoms with van der Waals surface area (Å²) in [7, 11) is 1.81. The highest BCUT2D eigenvalue weighted by Crippen LogP contribution is 2.10. The number of nitrogens with one attached hydrogen (secondary N) is 4. The lowest BCUT2D eigenvalue weighted by atomic mass is 10.4. The molecule has 9 heteroatoms. The summed E-state index contributed by atoms with van der Waals surface area (Å²) >= 11 is 3.81. The molecule has 0 unspecified atom stereocenters. The largest absolute Gasteiger partial charge is 0.356 e. The summed E-state index contributed by atoms with van der Waals surface area (Å²) in [6.45, 7) is 1.86. The minimum absolute atomic E-state index is 0.884. The molecule has 0 atom stereocenters. The van der Waals surface area contributed by atoms with Gasteiger partial charge in [0.15, 0.2) is 5.96 Å². The van der Waals surface area contributed by atoms with Crippen molar-refractivity contribution in [1.82, 2.24) is 30.6 Å². The van der Waals surface area contributed by atoms with Crippen LogP contribution in [-0.2, 0) is 11.5 Å². The minimum Gasteiger partial charge on any atom is -0.356 e. The first-order valence-electron chi connectivity index (χ1n) is 8.44. The normalized spacial score (nSPS) is 10.6. The number of guanidine groups is 1. The molecule has 2 heterocycles. The molecule has 0 aromatic carbocycles. The number of rotatable bonds is 12. The fraction of sp³-hybridized carbons (Fsp3) is 0.562. The van der Waals surface area contributed by atoms with Gasteiger partial charge < -0.3 is 20.6 Å². The van der Waals surface area contributed by atoms with Crippen molar-refractivity contribution < 1.29 is 0 Å². The number of hydrogen-bond donors (Lipinski definition) is 4. The molecule has 2 aromatic rings. The number of aromatic nitrogens is 4. The van der Waals surface area contributed by atoms with E-state index in [1.807, 2.05) is 43.0 Å². The van der Waals surface area contributed by atoms with Gasteiger partial charge in [-0.1, -0.05) is 0 Å². The van der Waals surface area contributed by atoms with Crippen molar-refractivity contribution in [2.75, 3.05) is 31.6 Å². The maximum Gasteiger partial charge on any atom is 0.190 e. The van der Waals surface area contributed by atoms with E-state index in [4.69, 9.17) is 0 Å². The van der Waals surface area contributed by atoms with Crippen molar-refractivity contribution >= 4 is 29.5 Å². The molecule has 4 N–H and O–H groups in total. The van der Waals surface area contributed by atoms with Crippen molar-refractivity contribution in [3.63, 3.8) is 0 Å². The van der Waals surface area contributed by atoms with Crippen molar-refractivity contribution in [2.24, 2.45) is 4.99 Å². The summed E-state index contributed by atoms with van der Waals surface area (Å²) in [5.41, 5.74) is 2.22. The number of hydrogen-bond acceptors (Lipinski definition) is 5. The highest BCUT2D eigenvalue weighted by molar-refractivity contribution is 7.98. The van der Waals surface area contributed by atoms with Crippen LogP contribution in [0.15, 0.2) is 30.0 Å². The van der Waals surface area contributed by atoms with Gasteiger partial charge in [-0.2, -0.15) is 23.5 Å². The van der Waals surface area contributed by atoms with Crippen molar-refractivity contribution in [1.29, 1.82) is 0 Å². The molecule has 0 aliphatic carbocycles. The first-order chi connectivity index (χ1) is 12.4. The molecule has 0 aliphatic rings. The fourth-order valence-electron chi connectivity index (χ4n) is 2.08. The first-order valence-corrected chi connectivity index (χ1v) is 10.7. The third-order valence-electron chi connectivity index (χ3n) is 3.35. The van der Waals surface area contributed by atoms with Crippen LogP contribution < -0.4 is 10.6 Å². The van der Waals surface area contributed by atoms with Crippen LogP contribution in [0.25, 0.3) is 0 Å². The molecule has 0 aliphatic heterocycles. The van der Waals surface area contributed by atoms with Gasteiger partial charge in [-0.15, -0.1) is 0 Å². The third-order valence-corrected chi connectivity index (χ3v) is 5.50. The predicted molar refractivity (Wildman–Crippen MR) is 108 cm³/mol. The van der Waals surface area contributed by atoms with Gasteiger partial charge in [-0.05, 0) is 24.3 Å². The SMILES string of the molecule is CN=C(NCCCSCc1c[nH]cn1)NCCCSCc1c[nH]cn1. The van der Waals surface area contributed by atoms with E-state index in [1.54, 1.807) is 12.7 Å². The Bertz CT molecular complexity index is 521. The standard InChI is InChI=1S/C16H27N7S2/c1-17-16(20-4-2-6-24-10-14-8-18-12-22-14)21-5-3-7-25-11-15-9-19-13-23-15/h8-9,12-13H,2-7,10-11H2,1H3,(H,18,22)(H,19,23)(H2,17,20,21). The second kappa shape index (κ2) is 12.7. The number of nitrogens with zero attached hydrogens (tertiary/aromatic N) is 3. The first kappa shape index (κ1) is 19.7. The molecule has 0 saturated heterocycles. The van der Waals surface area contributed by atoms with E-state index in [0.29, 0.717) is 0 Å². The summed E-state index contributed by atoms with van der Waals surface area (Å²) < 4.78 is 0. The molecule has 0 saturated carbocycles. The molecule has 138 valence electrons. The lowest BCUT2D eigenvalue weighted by Gasteiger charge is -2.11. The van der Waals surface area contributed by atoms with Crippen molar-refractivity contribution in [3.05, 3.63) is 36.4 Å². The summed E-state index contributed by atoms with van der Waals surface area (Å²) in [4.78, 5) is 18.6. The monoisotopic (exact) mass is 381 g/mol. The van der Waals surface area contributed by atoms with Crippen LogP contribution in [-0.4, -0.2) is 57.5 Å². The van der Waals surface area contributed by atoms with Gasteiger partial charge in [0.05, 0.1) is 24.0 Å². The Kier molecular flexibility index (Phi) is 10.0. The van der Waals surface area contributed by atoms with Gasteiger partial charge in [0.25, 0.3) is 0 Å². The molecule has 0 fully saturated rings. The molecular weight excluding hydrogens is 354 g/mol. The Morgan fingerprint density at radius 2 is 1.48 bits per heavy atom. The predicted octanol–water partition coefficient (Wildman–Crippen LogP) is 2.24. The molecule has 0 radical (unpaired) electrons. The van der Waals surface area contributed by atoms with E-state index in [1.165, 1.54) is 0 Å². The summed E-state index contributed by atoms with van der Waals surface area (Å²) in [5, 5.41) is 6.72. The zero-order valence-electron chi connectivity index (χ0n) is 14.6. The van der Waals surface area contributed by atoms with Gasteiger partial charge in [0, 0.05) is 44.0 Å². The summed E-state index contributed by atoms with van der Waals surface area (Å²) in [6.07, 6.45) is 9.56. The lowest BCUT2D eigenvalue weighted by molar-refractivity contribution is 0.770. The maximum absolute atomic E-state index is 4.26. The second-order valence-corrected chi connectivity index (χ2v) is 7.57. The number of H-pyrrole nitrogens is 2. The quantitative estimate of drug-likeness (QED) is 0.256. The van der Waals surface area contributed by atoms with Gasteiger partial charge in [-0.25, -0.2) is 9.97 Å². The van der Waals surface area contributed by atoms with E-state index in [9.17, 15) is 0 Å². The van der Waals surface area contributed by atoms with E-state index in [-0.39, 0.29) is 0 Å². The van der Waals surface area contributed by atoms with Crippen molar-refractivity contribution in [2.45, 2.75) is 24.3 Å². The van der Waals surface area contributed by atoms with E-state index in [2.05, 4.69) is 35.6 Å². The van der Waals surface area contributed by atoms with Crippen LogP contribution >= 0.6 is 23.5 Å². The number of imidazole rings is 2. The van der Waals surface area contributed by atoms with Crippen LogP contribution in [0.3, 0.4) is 0 Å². The Balaban J connectivity index is 1.41. The van der Waals surface area contributed by atoms with Crippen molar-refractivity contribution in [3.8, 4) is 0 Å². The van der Waals surface area contributed by atoms with Crippen LogP contribution in [0.4, 0.5) is 0 Å². The van der Waals surface area contributed by atoms with Crippen LogP contribution in [0.1, 0.15) is 24.2 Å². The minimum atomic E-state index is 0.884. The average Bonchev–Trinajstić information content (AvgIpc) is 3.32. The molecule has 0 bridgehead atoms. The Morgan fingerprint density at radius 3 is 1.88 bits per heavy atom. The van der Waals surface area contributed by atoms with Crippen LogP contribution in [0.5, 0.6) is 0 Å². The number of aromatic amines is 2. The zero-order valence-corrected chi connectivity index (χ0v) is 16.3. The smallest absolute Gasteiger partial charge is 0.190 e. The molecule has 0 spiro atoms. The van der Waals surface area contributed by atoms with Gasteiger partial charge in [0.1, 0.15) is 0 Å². The van der Waals surface area contributed by atoms with Gasteiger partial charge in [0.2, 0.25) is 0 Å². The zero-order chi connectivity index (χ0) is 17.6. The highest BCUT2D eigenvalue weighted by atomic mass is 32.2. The van der Waals surface area contributed by atoms with E-state index < -0.39 is 0 Å². The molecule has 25 heavy (non-hydrogen) atoms. The molecule has 2 rings (SSSR count). The highest BCUT2D eigenvalue weighted by Gasteiger charge is 1.99. The van der Waals surface area contributed by atoms with Crippen LogP contribution in [0, 0.1) is 0 Å². The third kappa shape index (κ3) is 8.87. The molecule has 2 aromatic heterocycles. The average molecular weight is 382 g/mol. The summed E-state index contributed by atoms with van der Waals surface area (Å²) in [6, 6.07) is 0. The Morgan fingerprint density at radius 1 is 0.960 bits per heavy atom. The number of aliphatic imine (C=N–C) groups is 1. The second-order valence-electron chi connectivity index (χ2n) is 5.36. The van der Waals surface area contributed by atoms with Crippen LogP contribution in [0.2, 0.25) is 0 Å². The number of thioether (sulfide) groups is 2.